The van der Waals surface area contributed by atoms with E-state index in [9.17, 15) is 9.18 Å². The number of esters is 1. The maximum Gasteiger partial charge on any atom is 0.312 e. The highest BCUT2D eigenvalue weighted by molar-refractivity contribution is 5.79. The van der Waals surface area contributed by atoms with Crippen LogP contribution in [0.5, 0.6) is 0 Å². The van der Waals surface area contributed by atoms with Crippen LogP contribution in [-0.2, 0) is 16.1 Å². The van der Waals surface area contributed by atoms with E-state index < -0.39 is 0 Å². The third kappa shape index (κ3) is 3.71. The Morgan fingerprint density at radius 2 is 1.90 bits per heavy atom. The average molecular weight is 413 g/mol. The molecule has 3 fully saturated rings. The average Bonchev–Trinajstić information content (AvgIpc) is 3.38. The quantitative estimate of drug-likeness (QED) is 0.723. The van der Waals surface area contributed by atoms with Gasteiger partial charge < -0.3 is 19.1 Å². The molecule has 1 unspecified atom stereocenters. The van der Waals surface area contributed by atoms with E-state index in [1.165, 1.54) is 6.07 Å². The zero-order valence-corrected chi connectivity index (χ0v) is 17.3. The minimum Gasteiger partial charge on any atom is -0.460 e. The maximum atomic E-state index is 14.1. The summed E-state index contributed by atoms with van der Waals surface area (Å²) in [5.74, 6) is -0.150. The van der Waals surface area contributed by atoms with Crippen molar-refractivity contribution in [3.8, 4) is 0 Å². The molecule has 0 aliphatic carbocycles. The van der Waals surface area contributed by atoms with Gasteiger partial charge in [0, 0.05) is 37.9 Å². The van der Waals surface area contributed by atoms with Crippen molar-refractivity contribution in [3.05, 3.63) is 48.8 Å². The first-order chi connectivity index (χ1) is 14.6. The van der Waals surface area contributed by atoms with Crippen LogP contribution in [0.2, 0.25) is 0 Å². The van der Waals surface area contributed by atoms with Crippen LogP contribution >= 0.6 is 0 Å². The molecule has 0 amide bonds. The fraction of sp³-hybridized carbons (Fsp3) is 0.565. The molecule has 2 aromatic rings. The van der Waals surface area contributed by atoms with Gasteiger partial charge in [-0.1, -0.05) is 12.1 Å². The van der Waals surface area contributed by atoms with E-state index in [4.69, 9.17) is 4.74 Å². The molecule has 0 N–H and O–H groups in total. The van der Waals surface area contributed by atoms with Crippen LogP contribution in [-0.4, -0.2) is 58.7 Å². The Hall–Kier alpha value is -2.41. The number of carbonyl (C=O) groups is 1. The first-order valence-electron chi connectivity index (χ1n) is 11.0. The van der Waals surface area contributed by atoms with Crippen molar-refractivity contribution in [2.75, 3.05) is 31.1 Å². The summed E-state index contributed by atoms with van der Waals surface area (Å²) in [5.41, 5.74) is 0.404. The van der Waals surface area contributed by atoms with Crippen molar-refractivity contribution in [2.45, 2.75) is 50.8 Å². The van der Waals surface area contributed by atoms with Crippen LogP contribution in [0, 0.1) is 11.2 Å². The van der Waals surface area contributed by atoms with Crippen molar-refractivity contribution in [2.24, 2.45) is 5.41 Å². The Morgan fingerprint density at radius 3 is 2.60 bits per heavy atom. The van der Waals surface area contributed by atoms with E-state index in [1.54, 1.807) is 18.6 Å². The fourth-order valence-corrected chi connectivity index (χ4v) is 5.47. The summed E-state index contributed by atoms with van der Waals surface area (Å²) in [6.07, 6.45) is 10.0. The van der Waals surface area contributed by atoms with Crippen LogP contribution in [0.15, 0.2) is 43.0 Å². The molecular formula is C23H29FN4O2. The second kappa shape index (κ2) is 8.02. The highest BCUT2D eigenvalue weighted by Gasteiger charge is 2.50. The fourth-order valence-electron chi connectivity index (χ4n) is 5.47. The summed E-state index contributed by atoms with van der Waals surface area (Å²) in [6, 6.07) is 7.56. The number of nitrogens with zero attached hydrogens (tertiary/aromatic N) is 4. The largest absolute Gasteiger partial charge is 0.460 e. The number of halogens is 1. The minimum atomic E-state index is -0.310. The Bertz CT molecular complexity index is 871. The standard InChI is InChI=1S/C23H29FN4O2/c24-20-3-1-2-4-21(20)28-10-5-18(6-11-28)27-12-7-23(8-13-27)15-19(30-22(23)29)16-26-14-9-25-17-26/h1-4,9,14,17-19H,5-8,10-13,15-16H2. The maximum absolute atomic E-state index is 14.1. The summed E-state index contributed by atoms with van der Waals surface area (Å²) in [4.78, 5) is 21.5. The van der Waals surface area contributed by atoms with Crippen LogP contribution in [0.3, 0.4) is 0 Å². The number of aromatic nitrogens is 2. The number of ether oxygens (including phenoxy) is 1. The van der Waals surface area contributed by atoms with E-state index in [0.29, 0.717) is 18.3 Å². The van der Waals surface area contributed by atoms with Crippen LogP contribution in [0.1, 0.15) is 32.1 Å². The molecule has 1 aromatic heterocycles. The molecule has 3 aliphatic heterocycles. The third-order valence-electron chi connectivity index (χ3n) is 7.23. The van der Waals surface area contributed by atoms with E-state index in [2.05, 4.69) is 14.8 Å². The summed E-state index contributed by atoms with van der Waals surface area (Å²) in [5, 5.41) is 0. The molecule has 7 heteroatoms. The van der Waals surface area contributed by atoms with Gasteiger partial charge in [-0.2, -0.15) is 0 Å². The van der Waals surface area contributed by atoms with Gasteiger partial charge in [0.15, 0.2) is 0 Å². The lowest BCUT2D eigenvalue weighted by Crippen LogP contribution is -2.50. The summed E-state index contributed by atoms with van der Waals surface area (Å²) in [7, 11) is 0. The van der Waals surface area contributed by atoms with Crippen LogP contribution < -0.4 is 4.90 Å². The number of rotatable bonds is 4. The molecule has 5 rings (SSSR count). The monoisotopic (exact) mass is 412 g/mol. The zero-order valence-electron chi connectivity index (χ0n) is 17.3. The number of likely N-dealkylation sites (tertiary alicyclic amines) is 1. The summed E-state index contributed by atoms with van der Waals surface area (Å²) >= 11 is 0. The Balaban J connectivity index is 1.14. The SMILES string of the molecule is O=C1OC(Cn2ccnc2)CC12CCN(C1CCN(c3ccccc3F)CC1)CC2. The van der Waals surface area contributed by atoms with Crippen molar-refractivity contribution < 1.29 is 13.9 Å². The molecule has 0 radical (unpaired) electrons. The van der Waals surface area contributed by atoms with Gasteiger partial charge in [-0.05, 0) is 50.9 Å². The van der Waals surface area contributed by atoms with Gasteiger partial charge in [-0.3, -0.25) is 4.79 Å². The first-order valence-corrected chi connectivity index (χ1v) is 11.0. The van der Waals surface area contributed by atoms with Gasteiger partial charge in [-0.15, -0.1) is 0 Å². The molecule has 0 bridgehead atoms. The third-order valence-corrected chi connectivity index (χ3v) is 7.23. The number of hydrogen-bond donors (Lipinski definition) is 0. The number of para-hydroxylation sites is 1. The van der Waals surface area contributed by atoms with Gasteiger partial charge >= 0.3 is 5.97 Å². The van der Waals surface area contributed by atoms with Gasteiger partial charge in [0.1, 0.15) is 11.9 Å². The number of carbonyl (C=O) groups excluding carboxylic acids is 1. The molecule has 1 aromatic carbocycles. The van der Waals surface area contributed by atoms with Gasteiger partial charge in [0.25, 0.3) is 0 Å². The molecule has 1 spiro atoms. The molecule has 30 heavy (non-hydrogen) atoms. The lowest BCUT2D eigenvalue weighted by molar-refractivity contribution is -0.151. The number of piperidine rings is 2. The number of anilines is 1. The highest BCUT2D eigenvalue weighted by Crippen LogP contribution is 2.44. The predicted molar refractivity (Wildman–Crippen MR) is 112 cm³/mol. The topological polar surface area (TPSA) is 50.6 Å². The van der Waals surface area contributed by atoms with Crippen molar-refractivity contribution in [3.63, 3.8) is 0 Å². The van der Waals surface area contributed by atoms with Gasteiger partial charge in [-0.25, -0.2) is 9.37 Å². The molecule has 160 valence electrons. The van der Waals surface area contributed by atoms with E-state index in [-0.39, 0.29) is 23.3 Å². The van der Waals surface area contributed by atoms with Crippen LogP contribution in [0.4, 0.5) is 10.1 Å². The van der Waals surface area contributed by atoms with Crippen molar-refractivity contribution in [1.82, 2.24) is 14.5 Å². The Kier molecular flexibility index (Phi) is 5.23. The number of cyclic esters (lactones) is 1. The second-order valence-electron chi connectivity index (χ2n) is 8.98. The lowest BCUT2D eigenvalue weighted by Gasteiger charge is -2.44. The van der Waals surface area contributed by atoms with Gasteiger partial charge in [0.2, 0.25) is 0 Å². The van der Waals surface area contributed by atoms with Crippen molar-refractivity contribution >= 4 is 11.7 Å². The summed E-state index contributed by atoms with van der Waals surface area (Å²) < 4.78 is 21.8. The lowest BCUT2D eigenvalue weighted by atomic mass is 9.75. The number of benzene rings is 1. The summed E-state index contributed by atoms with van der Waals surface area (Å²) in [6.45, 7) is 4.32. The predicted octanol–water partition coefficient (Wildman–Crippen LogP) is 3.09. The van der Waals surface area contributed by atoms with E-state index in [0.717, 1.165) is 58.3 Å². The Labute approximate surface area is 176 Å². The smallest absolute Gasteiger partial charge is 0.312 e. The Morgan fingerprint density at radius 1 is 1.13 bits per heavy atom. The second-order valence-corrected chi connectivity index (χ2v) is 8.98. The molecule has 0 saturated carbocycles. The molecule has 3 saturated heterocycles. The molecular weight excluding hydrogens is 383 g/mol. The molecule has 4 heterocycles. The number of imidazole rings is 1. The normalized spacial score (nSPS) is 25.0. The molecule has 1 atom stereocenters. The first kappa shape index (κ1) is 19.5. The van der Waals surface area contributed by atoms with Gasteiger partial charge in [0.05, 0.1) is 24.0 Å². The van der Waals surface area contributed by atoms with Crippen molar-refractivity contribution in [1.29, 1.82) is 0 Å². The zero-order chi connectivity index (χ0) is 20.6. The highest BCUT2D eigenvalue weighted by atomic mass is 19.1. The van der Waals surface area contributed by atoms with E-state index >= 15 is 0 Å². The van der Waals surface area contributed by atoms with E-state index in [1.807, 2.05) is 22.9 Å². The molecule has 6 nitrogen and oxygen atoms in total. The number of hydrogen-bond acceptors (Lipinski definition) is 5. The molecule has 3 aliphatic rings. The van der Waals surface area contributed by atoms with Crippen LogP contribution in [0.25, 0.3) is 0 Å². The minimum absolute atomic E-state index is 0.0124.